The Morgan fingerprint density at radius 2 is 2.19 bits per heavy atom. The van der Waals surface area contributed by atoms with Gasteiger partial charge in [-0.15, -0.1) is 0 Å². The fraction of sp³-hybridized carbons (Fsp3) is 0.500. The van der Waals surface area contributed by atoms with E-state index in [2.05, 4.69) is 20.9 Å². The van der Waals surface area contributed by atoms with E-state index in [1.807, 2.05) is 0 Å². The van der Waals surface area contributed by atoms with Gasteiger partial charge in [-0.3, -0.25) is 10.1 Å². The Balaban J connectivity index is 2.21. The van der Waals surface area contributed by atoms with Crippen molar-refractivity contribution in [3.8, 4) is 5.88 Å². The monoisotopic (exact) mass is 286 g/mol. The molecule has 0 spiro atoms. The number of rotatable bonds is 3. The van der Waals surface area contributed by atoms with Crippen molar-refractivity contribution < 1.29 is 9.66 Å². The minimum absolute atomic E-state index is 0.0763. The summed E-state index contributed by atoms with van der Waals surface area (Å²) in [5.74, 6) is 0.125. The van der Waals surface area contributed by atoms with Crippen molar-refractivity contribution >= 4 is 21.6 Å². The van der Waals surface area contributed by atoms with E-state index in [4.69, 9.17) is 4.74 Å². The van der Waals surface area contributed by atoms with Crippen LogP contribution in [0.5, 0.6) is 5.88 Å². The van der Waals surface area contributed by atoms with Gasteiger partial charge < -0.3 is 4.74 Å². The van der Waals surface area contributed by atoms with E-state index >= 15 is 0 Å². The first kappa shape index (κ1) is 11.3. The Morgan fingerprint density at radius 1 is 1.50 bits per heavy atom. The third-order valence-corrected chi connectivity index (χ3v) is 3.01. The van der Waals surface area contributed by atoms with Crippen molar-refractivity contribution in [3.63, 3.8) is 0 Å². The molecule has 1 fully saturated rings. The highest BCUT2D eigenvalue weighted by Gasteiger charge is 2.23. The molecule has 1 aromatic heterocycles. The molecular formula is C10H11BrN2O3. The van der Waals surface area contributed by atoms with Gasteiger partial charge in [-0.1, -0.05) is 0 Å². The van der Waals surface area contributed by atoms with Crippen LogP contribution in [-0.2, 0) is 0 Å². The third-order valence-electron chi connectivity index (χ3n) is 2.58. The SMILES string of the molecule is O=[N+]([O-])c1cc(Br)cnc1OC1CCCC1. The first-order chi connectivity index (χ1) is 7.66. The Labute approximate surface area is 101 Å². The lowest BCUT2D eigenvalue weighted by Crippen LogP contribution is -2.13. The summed E-state index contributed by atoms with van der Waals surface area (Å²) in [4.78, 5) is 14.3. The van der Waals surface area contributed by atoms with Crippen LogP contribution in [0.25, 0.3) is 0 Å². The highest BCUT2D eigenvalue weighted by molar-refractivity contribution is 9.10. The summed E-state index contributed by atoms with van der Waals surface area (Å²) in [6.45, 7) is 0. The molecule has 5 nitrogen and oxygen atoms in total. The number of aromatic nitrogens is 1. The largest absolute Gasteiger partial charge is 0.469 e. The van der Waals surface area contributed by atoms with Gasteiger partial charge in [0.15, 0.2) is 0 Å². The zero-order valence-corrected chi connectivity index (χ0v) is 10.1. The molecule has 16 heavy (non-hydrogen) atoms. The summed E-state index contributed by atoms with van der Waals surface area (Å²) in [5, 5.41) is 10.8. The molecule has 1 aliphatic carbocycles. The standard InChI is InChI=1S/C10H11BrN2O3/c11-7-5-9(13(14)15)10(12-6-7)16-8-3-1-2-4-8/h5-6,8H,1-4H2. The van der Waals surface area contributed by atoms with Gasteiger partial charge in [0.05, 0.1) is 4.92 Å². The van der Waals surface area contributed by atoms with Gasteiger partial charge in [-0.25, -0.2) is 4.98 Å². The average Bonchev–Trinajstić information content (AvgIpc) is 2.73. The van der Waals surface area contributed by atoms with Gasteiger partial charge in [0, 0.05) is 16.7 Å². The van der Waals surface area contributed by atoms with Crippen LogP contribution in [-0.4, -0.2) is 16.0 Å². The molecule has 86 valence electrons. The molecule has 0 aliphatic heterocycles. The van der Waals surface area contributed by atoms with Crippen molar-refractivity contribution in [1.82, 2.24) is 4.98 Å². The lowest BCUT2D eigenvalue weighted by Gasteiger charge is -2.11. The van der Waals surface area contributed by atoms with Gasteiger partial charge in [-0.2, -0.15) is 0 Å². The highest BCUT2D eigenvalue weighted by Crippen LogP contribution is 2.31. The predicted octanol–water partition coefficient (Wildman–Crippen LogP) is 3.07. The fourth-order valence-electron chi connectivity index (χ4n) is 1.80. The molecular weight excluding hydrogens is 276 g/mol. The molecule has 0 atom stereocenters. The predicted molar refractivity (Wildman–Crippen MR) is 61.5 cm³/mol. The number of pyridine rings is 1. The van der Waals surface area contributed by atoms with Crippen LogP contribution >= 0.6 is 15.9 Å². The van der Waals surface area contributed by atoms with Crippen LogP contribution in [0.3, 0.4) is 0 Å². The van der Waals surface area contributed by atoms with Gasteiger partial charge in [0.25, 0.3) is 5.88 Å². The van der Waals surface area contributed by atoms with E-state index in [-0.39, 0.29) is 17.7 Å². The minimum atomic E-state index is -0.470. The van der Waals surface area contributed by atoms with Gasteiger partial charge in [0.2, 0.25) is 0 Å². The maximum Gasteiger partial charge on any atom is 0.332 e. The summed E-state index contributed by atoms with van der Waals surface area (Å²) in [5.41, 5.74) is -0.0822. The summed E-state index contributed by atoms with van der Waals surface area (Å²) in [6, 6.07) is 1.41. The maximum atomic E-state index is 10.8. The summed E-state index contributed by atoms with van der Waals surface area (Å²) in [6.07, 6.45) is 5.73. The maximum absolute atomic E-state index is 10.8. The Hall–Kier alpha value is -1.17. The molecule has 6 heteroatoms. The van der Waals surface area contributed by atoms with E-state index in [0.29, 0.717) is 4.47 Å². The Morgan fingerprint density at radius 3 is 2.81 bits per heavy atom. The van der Waals surface area contributed by atoms with Crippen LogP contribution in [0, 0.1) is 10.1 Å². The lowest BCUT2D eigenvalue weighted by atomic mass is 10.3. The number of nitro groups is 1. The smallest absolute Gasteiger partial charge is 0.332 e. The van der Waals surface area contributed by atoms with E-state index in [0.717, 1.165) is 25.7 Å². The second kappa shape index (κ2) is 4.78. The number of ether oxygens (including phenoxy) is 1. The van der Waals surface area contributed by atoms with E-state index < -0.39 is 4.92 Å². The van der Waals surface area contributed by atoms with Crippen molar-refractivity contribution in [2.75, 3.05) is 0 Å². The molecule has 1 aromatic rings. The van der Waals surface area contributed by atoms with Crippen molar-refractivity contribution in [2.24, 2.45) is 0 Å². The lowest BCUT2D eigenvalue weighted by molar-refractivity contribution is -0.386. The topological polar surface area (TPSA) is 65.3 Å². The van der Waals surface area contributed by atoms with Gasteiger partial charge >= 0.3 is 5.69 Å². The molecule has 0 N–H and O–H groups in total. The van der Waals surface area contributed by atoms with Gasteiger partial charge in [0.1, 0.15) is 6.10 Å². The molecule has 0 bridgehead atoms. The normalized spacial score (nSPS) is 16.3. The molecule has 0 unspecified atom stereocenters. The van der Waals surface area contributed by atoms with Crippen molar-refractivity contribution in [1.29, 1.82) is 0 Å². The first-order valence-corrected chi connectivity index (χ1v) is 5.92. The second-order valence-corrected chi connectivity index (χ2v) is 4.67. The molecule has 1 heterocycles. The van der Waals surface area contributed by atoms with Crippen LogP contribution < -0.4 is 4.74 Å². The van der Waals surface area contributed by atoms with E-state index in [1.54, 1.807) is 0 Å². The quantitative estimate of drug-likeness (QED) is 0.633. The molecule has 0 amide bonds. The molecule has 0 aromatic carbocycles. The minimum Gasteiger partial charge on any atom is -0.469 e. The zero-order chi connectivity index (χ0) is 11.5. The summed E-state index contributed by atoms with van der Waals surface area (Å²) >= 11 is 3.15. The van der Waals surface area contributed by atoms with Crippen molar-refractivity contribution in [2.45, 2.75) is 31.8 Å². The number of hydrogen-bond donors (Lipinski definition) is 0. The molecule has 1 aliphatic rings. The van der Waals surface area contributed by atoms with Crippen LogP contribution in [0.1, 0.15) is 25.7 Å². The zero-order valence-electron chi connectivity index (χ0n) is 8.56. The molecule has 0 radical (unpaired) electrons. The molecule has 0 saturated heterocycles. The Bertz CT molecular complexity index is 405. The van der Waals surface area contributed by atoms with Crippen LogP contribution in [0.2, 0.25) is 0 Å². The Kier molecular flexibility index (Phi) is 3.38. The van der Waals surface area contributed by atoms with Gasteiger partial charge in [-0.05, 0) is 41.6 Å². The number of halogens is 1. The van der Waals surface area contributed by atoms with Crippen molar-refractivity contribution in [3.05, 3.63) is 26.9 Å². The summed E-state index contributed by atoms with van der Waals surface area (Å²) < 4.78 is 6.13. The number of nitrogens with zero attached hydrogens (tertiary/aromatic N) is 2. The third kappa shape index (κ3) is 2.49. The first-order valence-electron chi connectivity index (χ1n) is 5.13. The summed E-state index contributed by atoms with van der Waals surface area (Å²) in [7, 11) is 0. The number of hydrogen-bond acceptors (Lipinski definition) is 4. The average molecular weight is 287 g/mol. The fourth-order valence-corrected chi connectivity index (χ4v) is 2.12. The molecule has 2 rings (SSSR count). The van der Waals surface area contributed by atoms with Crippen LogP contribution in [0.15, 0.2) is 16.7 Å². The van der Waals surface area contributed by atoms with Crippen LogP contribution in [0.4, 0.5) is 5.69 Å². The highest BCUT2D eigenvalue weighted by atomic mass is 79.9. The van der Waals surface area contributed by atoms with E-state index in [9.17, 15) is 10.1 Å². The van der Waals surface area contributed by atoms with E-state index in [1.165, 1.54) is 12.3 Å². The second-order valence-electron chi connectivity index (χ2n) is 3.76. The molecule has 1 saturated carbocycles.